The fourth-order valence-electron chi connectivity index (χ4n) is 6.06. The van der Waals surface area contributed by atoms with Gasteiger partial charge in [0.15, 0.2) is 0 Å². The molecule has 1 saturated heterocycles. The average Bonchev–Trinajstić information content (AvgIpc) is 3.31. The van der Waals surface area contributed by atoms with Gasteiger partial charge in [0, 0.05) is 25.0 Å². The van der Waals surface area contributed by atoms with Gasteiger partial charge in [-0.25, -0.2) is 0 Å². The van der Waals surface area contributed by atoms with Crippen LogP contribution >= 0.6 is 0 Å². The third-order valence-corrected chi connectivity index (χ3v) is 7.88. The van der Waals surface area contributed by atoms with Gasteiger partial charge in [0.2, 0.25) is 0 Å². The van der Waals surface area contributed by atoms with Crippen LogP contribution in [0.1, 0.15) is 56.9 Å². The number of fused-ring (bicyclic) bond motifs is 1. The highest BCUT2D eigenvalue weighted by molar-refractivity contribution is 5.88. The molecule has 3 fully saturated rings. The molecule has 2 aromatic rings. The van der Waals surface area contributed by atoms with E-state index in [9.17, 15) is 4.79 Å². The molecule has 0 radical (unpaired) electrons. The van der Waals surface area contributed by atoms with Crippen LogP contribution in [0.3, 0.4) is 0 Å². The van der Waals surface area contributed by atoms with E-state index in [2.05, 4.69) is 41.3 Å². The minimum atomic E-state index is -0.0890. The van der Waals surface area contributed by atoms with Crippen LogP contribution in [-0.4, -0.2) is 37.2 Å². The first-order valence-corrected chi connectivity index (χ1v) is 12.2. The molecule has 1 heterocycles. The standard InChI is InChI=1S/C27H35NO3/c1-30-27(29)23-17-28(18-23)16-19-9-14-25-22(15-19)7-4-8-26(25)31-24-12-10-21(11-13-24)20-5-2-3-6-20/h4,7-9,14-15,20-21,23-24H,2-3,5-6,10-13,16-18H2,1H3/t21-,24-. The van der Waals surface area contributed by atoms with E-state index < -0.39 is 0 Å². The van der Waals surface area contributed by atoms with Crippen molar-refractivity contribution in [3.63, 3.8) is 0 Å². The summed E-state index contributed by atoms with van der Waals surface area (Å²) in [6.45, 7) is 2.45. The van der Waals surface area contributed by atoms with Crippen LogP contribution in [0.15, 0.2) is 36.4 Å². The lowest BCUT2D eigenvalue weighted by molar-refractivity contribution is -0.151. The van der Waals surface area contributed by atoms with Gasteiger partial charge < -0.3 is 9.47 Å². The highest BCUT2D eigenvalue weighted by atomic mass is 16.5. The van der Waals surface area contributed by atoms with Crippen molar-refractivity contribution < 1.29 is 14.3 Å². The summed E-state index contributed by atoms with van der Waals surface area (Å²) in [6.07, 6.45) is 11.3. The molecule has 0 atom stereocenters. The molecule has 31 heavy (non-hydrogen) atoms. The van der Waals surface area contributed by atoms with E-state index in [-0.39, 0.29) is 11.9 Å². The van der Waals surface area contributed by atoms with Crippen LogP contribution < -0.4 is 4.74 Å². The monoisotopic (exact) mass is 421 g/mol. The van der Waals surface area contributed by atoms with E-state index in [1.807, 2.05) is 0 Å². The van der Waals surface area contributed by atoms with Crippen molar-refractivity contribution in [3.05, 3.63) is 42.0 Å². The van der Waals surface area contributed by atoms with Crippen LogP contribution in [-0.2, 0) is 16.1 Å². The number of hydrogen-bond acceptors (Lipinski definition) is 4. The topological polar surface area (TPSA) is 38.8 Å². The summed E-state index contributed by atoms with van der Waals surface area (Å²) in [4.78, 5) is 13.9. The first-order valence-electron chi connectivity index (χ1n) is 12.2. The lowest BCUT2D eigenvalue weighted by atomic mass is 9.78. The Morgan fingerprint density at radius 3 is 2.45 bits per heavy atom. The number of hydrogen-bond donors (Lipinski definition) is 0. The number of methoxy groups -OCH3 is 1. The largest absolute Gasteiger partial charge is 0.490 e. The molecule has 0 unspecified atom stereocenters. The van der Waals surface area contributed by atoms with E-state index in [0.29, 0.717) is 6.10 Å². The molecule has 1 aliphatic heterocycles. The number of ether oxygens (including phenoxy) is 2. The molecular weight excluding hydrogens is 386 g/mol. The van der Waals surface area contributed by atoms with Crippen LogP contribution in [0, 0.1) is 17.8 Å². The van der Waals surface area contributed by atoms with Crippen LogP contribution in [0.25, 0.3) is 10.8 Å². The average molecular weight is 422 g/mol. The van der Waals surface area contributed by atoms with E-state index >= 15 is 0 Å². The van der Waals surface area contributed by atoms with Gasteiger partial charge in [0.1, 0.15) is 5.75 Å². The molecule has 2 aromatic carbocycles. The highest BCUT2D eigenvalue weighted by Crippen LogP contribution is 2.40. The van der Waals surface area contributed by atoms with Crippen molar-refractivity contribution in [2.75, 3.05) is 20.2 Å². The number of benzene rings is 2. The Morgan fingerprint density at radius 2 is 1.71 bits per heavy atom. The van der Waals surface area contributed by atoms with E-state index in [0.717, 1.165) is 37.2 Å². The SMILES string of the molecule is COC(=O)C1CN(Cc2ccc3c(O[C@H]4CC[C@H](C5CCCC5)CC4)cccc3c2)C1. The number of esters is 1. The summed E-state index contributed by atoms with van der Waals surface area (Å²) in [5.74, 6) is 2.91. The normalized spacial score (nSPS) is 25.5. The Morgan fingerprint density at radius 1 is 0.968 bits per heavy atom. The maximum Gasteiger partial charge on any atom is 0.311 e. The van der Waals surface area contributed by atoms with Gasteiger partial charge in [0.05, 0.1) is 19.1 Å². The second-order valence-electron chi connectivity index (χ2n) is 9.92. The van der Waals surface area contributed by atoms with Crippen molar-refractivity contribution in [3.8, 4) is 5.75 Å². The molecule has 2 saturated carbocycles. The zero-order chi connectivity index (χ0) is 21.2. The van der Waals surface area contributed by atoms with Gasteiger partial charge in [-0.05, 0) is 60.6 Å². The molecule has 0 bridgehead atoms. The Hall–Kier alpha value is -2.07. The third-order valence-electron chi connectivity index (χ3n) is 7.88. The number of carbonyl (C=O) groups is 1. The van der Waals surface area contributed by atoms with Gasteiger partial charge in [-0.3, -0.25) is 9.69 Å². The Balaban J connectivity index is 1.19. The molecule has 0 aromatic heterocycles. The second-order valence-corrected chi connectivity index (χ2v) is 9.92. The molecule has 0 N–H and O–H groups in total. The maximum absolute atomic E-state index is 11.6. The van der Waals surface area contributed by atoms with Gasteiger partial charge in [0.25, 0.3) is 0 Å². The zero-order valence-electron chi connectivity index (χ0n) is 18.7. The van der Waals surface area contributed by atoms with Crippen LogP contribution in [0.4, 0.5) is 0 Å². The minimum absolute atomic E-state index is 0.0363. The van der Waals surface area contributed by atoms with Crippen molar-refractivity contribution in [2.24, 2.45) is 17.8 Å². The number of rotatable bonds is 6. The molecule has 166 valence electrons. The lowest BCUT2D eigenvalue weighted by Crippen LogP contribution is -2.49. The fraction of sp³-hybridized carbons (Fsp3) is 0.593. The molecule has 4 nitrogen and oxygen atoms in total. The summed E-state index contributed by atoms with van der Waals surface area (Å²) >= 11 is 0. The molecular formula is C27H35NO3. The van der Waals surface area contributed by atoms with Gasteiger partial charge in [-0.1, -0.05) is 49.9 Å². The second kappa shape index (κ2) is 9.20. The van der Waals surface area contributed by atoms with Gasteiger partial charge >= 0.3 is 5.97 Å². The molecule has 5 rings (SSSR count). The molecule has 0 spiro atoms. The van der Waals surface area contributed by atoms with Crippen molar-refractivity contribution >= 4 is 16.7 Å². The van der Waals surface area contributed by atoms with Gasteiger partial charge in [-0.2, -0.15) is 0 Å². The van der Waals surface area contributed by atoms with E-state index in [4.69, 9.17) is 9.47 Å². The fourth-order valence-corrected chi connectivity index (χ4v) is 6.06. The Kier molecular flexibility index (Phi) is 6.17. The Labute approximate surface area is 185 Å². The van der Waals surface area contributed by atoms with E-state index in [1.54, 1.807) is 0 Å². The van der Waals surface area contributed by atoms with Crippen molar-refractivity contribution in [1.82, 2.24) is 4.90 Å². The predicted octanol–water partition coefficient (Wildman–Crippen LogP) is 5.57. The summed E-state index contributed by atoms with van der Waals surface area (Å²) in [6, 6.07) is 13.1. The quantitative estimate of drug-likeness (QED) is 0.572. The minimum Gasteiger partial charge on any atom is -0.490 e. The molecule has 4 heteroatoms. The van der Waals surface area contributed by atoms with Crippen LogP contribution in [0.2, 0.25) is 0 Å². The summed E-state index contributed by atoms with van der Waals surface area (Å²) in [5, 5.41) is 2.44. The van der Waals surface area contributed by atoms with Gasteiger partial charge in [-0.15, -0.1) is 0 Å². The summed E-state index contributed by atoms with van der Waals surface area (Å²) < 4.78 is 11.4. The number of likely N-dealkylation sites (tertiary alicyclic amines) is 1. The molecule has 3 aliphatic rings. The number of nitrogens with zero attached hydrogens (tertiary/aromatic N) is 1. The van der Waals surface area contributed by atoms with Crippen LogP contribution in [0.5, 0.6) is 5.75 Å². The van der Waals surface area contributed by atoms with E-state index in [1.165, 1.54) is 74.8 Å². The molecule has 0 amide bonds. The van der Waals surface area contributed by atoms with Crippen molar-refractivity contribution in [1.29, 1.82) is 0 Å². The first-order chi connectivity index (χ1) is 15.2. The van der Waals surface area contributed by atoms with Crippen molar-refractivity contribution in [2.45, 2.75) is 64.0 Å². The summed E-state index contributed by atoms with van der Waals surface area (Å²) in [5.41, 5.74) is 1.28. The lowest BCUT2D eigenvalue weighted by Gasteiger charge is -2.37. The summed E-state index contributed by atoms with van der Waals surface area (Å²) in [7, 11) is 1.47. The maximum atomic E-state index is 11.6. The first kappa shape index (κ1) is 20.8. The number of carbonyl (C=O) groups excluding carboxylic acids is 1. The highest BCUT2D eigenvalue weighted by Gasteiger charge is 2.33. The third kappa shape index (κ3) is 4.59. The predicted molar refractivity (Wildman–Crippen MR) is 123 cm³/mol. The molecule has 2 aliphatic carbocycles. The smallest absolute Gasteiger partial charge is 0.311 e. The Bertz CT molecular complexity index is 906. The zero-order valence-corrected chi connectivity index (χ0v) is 18.7.